The normalized spacial score (nSPS) is 17.3. The van der Waals surface area contributed by atoms with E-state index in [2.05, 4.69) is 27.3 Å². The Bertz CT molecular complexity index is 776. The molecule has 120 valence electrons. The molecule has 3 aromatic heterocycles. The first-order valence-electron chi connectivity index (χ1n) is 7.96. The van der Waals surface area contributed by atoms with E-state index in [-0.39, 0.29) is 0 Å². The summed E-state index contributed by atoms with van der Waals surface area (Å²) in [6.07, 6.45) is 4.69. The predicted molar refractivity (Wildman–Crippen MR) is 88.2 cm³/mol. The summed E-state index contributed by atoms with van der Waals surface area (Å²) in [5.74, 6) is 2.76. The molecule has 1 N–H and O–H groups in total. The van der Waals surface area contributed by atoms with Crippen molar-refractivity contribution in [3.63, 3.8) is 0 Å². The molecule has 1 atom stereocenters. The third-order valence-electron chi connectivity index (χ3n) is 4.07. The Morgan fingerprint density at radius 1 is 1.43 bits per heavy atom. The first kappa shape index (κ1) is 14.6. The maximum atomic E-state index is 5.55. The highest BCUT2D eigenvalue weighted by molar-refractivity contribution is 7.13. The number of hydrogen-bond acceptors (Lipinski definition) is 6. The first-order valence-corrected chi connectivity index (χ1v) is 8.84. The second-order valence-corrected chi connectivity index (χ2v) is 6.67. The van der Waals surface area contributed by atoms with Gasteiger partial charge in [0.05, 0.1) is 17.1 Å². The minimum absolute atomic E-state index is 0.399. The Labute approximate surface area is 138 Å². The molecular formula is C16H19N5OS. The summed E-state index contributed by atoms with van der Waals surface area (Å²) in [6, 6.07) is 4.42. The topological polar surface area (TPSA) is 68.8 Å². The molecule has 1 aliphatic heterocycles. The van der Waals surface area contributed by atoms with E-state index in [0.29, 0.717) is 18.5 Å². The summed E-state index contributed by atoms with van der Waals surface area (Å²) < 4.78 is 7.60. The van der Waals surface area contributed by atoms with E-state index in [1.165, 1.54) is 0 Å². The quantitative estimate of drug-likeness (QED) is 0.779. The average molecular weight is 329 g/mol. The lowest BCUT2D eigenvalue weighted by Crippen LogP contribution is -2.37. The van der Waals surface area contributed by atoms with Crippen molar-refractivity contribution in [2.45, 2.75) is 45.3 Å². The number of oxazole rings is 1. The van der Waals surface area contributed by atoms with Crippen LogP contribution in [0.1, 0.15) is 30.7 Å². The number of fused-ring (bicyclic) bond motifs is 1. The van der Waals surface area contributed by atoms with Crippen LogP contribution < -0.4 is 5.32 Å². The van der Waals surface area contributed by atoms with Crippen molar-refractivity contribution >= 4 is 11.3 Å². The highest BCUT2D eigenvalue weighted by atomic mass is 32.1. The molecule has 0 saturated heterocycles. The maximum absolute atomic E-state index is 5.55. The lowest BCUT2D eigenvalue weighted by atomic mass is 10.1. The van der Waals surface area contributed by atoms with Crippen LogP contribution in [0.5, 0.6) is 0 Å². The van der Waals surface area contributed by atoms with Crippen LogP contribution in [0, 0.1) is 0 Å². The molecule has 0 amide bonds. The Kier molecular flexibility index (Phi) is 3.97. The summed E-state index contributed by atoms with van der Waals surface area (Å²) in [5.41, 5.74) is 0.937. The van der Waals surface area contributed by atoms with E-state index < -0.39 is 0 Å². The van der Waals surface area contributed by atoms with Crippen LogP contribution in [0.15, 0.2) is 28.2 Å². The van der Waals surface area contributed by atoms with E-state index in [4.69, 9.17) is 4.42 Å². The largest absolute Gasteiger partial charge is 0.444 e. The van der Waals surface area contributed by atoms with Gasteiger partial charge in [0.1, 0.15) is 12.1 Å². The molecule has 0 unspecified atom stereocenters. The SMILES string of the molecule is CCc1nc2n(n1)C[C@@H](NCc1coc(-c3cccs3)n1)CC2. The van der Waals surface area contributed by atoms with Crippen molar-refractivity contribution in [2.75, 3.05) is 0 Å². The van der Waals surface area contributed by atoms with Crippen LogP contribution in [-0.2, 0) is 25.9 Å². The molecule has 0 bridgehead atoms. The summed E-state index contributed by atoms with van der Waals surface area (Å²) in [6.45, 7) is 3.68. The Morgan fingerprint density at radius 3 is 3.22 bits per heavy atom. The molecule has 4 rings (SSSR count). The molecule has 0 aliphatic carbocycles. The van der Waals surface area contributed by atoms with Crippen LogP contribution in [0.2, 0.25) is 0 Å². The predicted octanol–water partition coefficient (Wildman–Crippen LogP) is 2.66. The van der Waals surface area contributed by atoms with E-state index in [1.807, 2.05) is 22.2 Å². The van der Waals surface area contributed by atoms with Gasteiger partial charge in [-0.3, -0.25) is 0 Å². The van der Waals surface area contributed by atoms with Crippen LogP contribution in [0.25, 0.3) is 10.8 Å². The van der Waals surface area contributed by atoms with Crippen molar-refractivity contribution in [1.82, 2.24) is 25.1 Å². The van der Waals surface area contributed by atoms with Gasteiger partial charge in [0.2, 0.25) is 5.89 Å². The Morgan fingerprint density at radius 2 is 2.39 bits per heavy atom. The van der Waals surface area contributed by atoms with Crippen molar-refractivity contribution in [3.8, 4) is 10.8 Å². The molecule has 0 fully saturated rings. The Hall–Kier alpha value is -1.99. The van der Waals surface area contributed by atoms with Gasteiger partial charge in [-0.15, -0.1) is 11.3 Å². The highest BCUT2D eigenvalue weighted by Gasteiger charge is 2.21. The lowest BCUT2D eigenvalue weighted by molar-refractivity contribution is 0.356. The number of thiophene rings is 1. The molecule has 0 spiro atoms. The van der Waals surface area contributed by atoms with E-state index in [1.54, 1.807) is 17.6 Å². The molecular weight excluding hydrogens is 310 g/mol. The lowest BCUT2D eigenvalue weighted by Gasteiger charge is -2.23. The minimum atomic E-state index is 0.399. The van der Waals surface area contributed by atoms with Gasteiger partial charge in [0.15, 0.2) is 5.82 Å². The molecule has 23 heavy (non-hydrogen) atoms. The van der Waals surface area contributed by atoms with Gasteiger partial charge >= 0.3 is 0 Å². The van der Waals surface area contributed by atoms with Gasteiger partial charge in [-0.1, -0.05) is 13.0 Å². The van der Waals surface area contributed by atoms with Crippen molar-refractivity contribution in [3.05, 3.63) is 41.1 Å². The molecule has 7 heteroatoms. The number of aryl methyl sites for hydroxylation is 2. The van der Waals surface area contributed by atoms with Gasteiger partial charge in [-0.2, -0.15) is 5.10 Å². The van der Waals surface area contributed by atoms with Crippen LogP contribution in [-0.4, -0.2) is 25.8 Å². The Balaban J connectivity index is 1.36. The highest BCUT2D eigenvalue weighted by Crippen LogP contribution is 2.23. The number of aromatic nitrogens is 4. The number of nitrogens with one attached hydrogen (secondary N) is 1. The third-order valence-corrected chi connectivity index (χ3v) is 4.93. The summed E-state index contributed by atoms with van der Waals surface area (Å²) >= 11 is 1.64. The summed E-state index contributed by atoms with van der Waals surface area (Å²) in [5, 5.41) is 10.1. The fourth-order valence-electron chi connectivity index (χ4n) is 2.83. The van der Waals surface area contributed by atoms with Crippen LogP contribution in [0.3, 0.4) is 0 Å². The molecule has 1 aliphatic rings. The van der Waals surface area contributed by atoms with Crippen molar-refractivity contribution in [2.24, 2.45) is 0 Å². The van der Waals surface area contributed by atoms with Gasteiger partial charge in [0, 0.05) is 25.4 Å². The number of nitrogens with zero attached hydrogens (tertiary/aromatic N) is 4. The van der Waals surface area contributed by atoms with Gasteiger partial charge in [0.25, 0.3) is 0 Å². The van der Waals surface area contributed by atoms with Crippen molar-refractivity contribution in [1.29, 1.82) is 0 Å². The van der Waals surface area contributed by atoms with Crippen molar-refractivity contribution < 1.29 is 4.42 Å². The van der Waals surface area contributed by atoms with E-state index >= 15 is 0 Å². The molecule has 0 aromatic carbocycles. The smallest absolute Gasteiger partial charge is 0.236 e. The second-order valence-electron chi connectivity index (χ2n) is 5.72. The zero-order valence-corrected chi connectivity index (χ0v) is 13.8. The molecule has 4 heterocycles. The standard InChI is InChI=1S/C16H19N5OS/c1-2-14-19-15-6-5-11(9-21(15)20-14)17-8-12-10-22-16(18-12)13-4-3-7-23-13/h3-4,7,10-11,17H,2,5-6,8-9H2,1H3/t11-/m0/s1. The fourth-order valence-corrected chi connectivity index (χ4v) is 3.48. The zero-order chi connectivity index (χ0) is 15.6. The number of rotatable bonds is 5. The second kappa shape index (κ2) is 6.25. The monoisotopic (exact) mass is 329 g/mol. The fraction of sp³-hybridized carbons (Fsp3) is 0.438. The summed E-state index contributed by atoms with van der Waals surface area (Å²) in [4.78, 5) is 10.2. The van der Waals surface area contributed by atoms with E-state index in [9.17, 15) is 0 Å². The van der Waals surface area contributed by atoms with Crippen LogP contribution in [0.4, 0.5) is 0 Å². The van der Waals surface area contributed by atoms with Gasteiger partial charge < -0.3 is 9.73 Å². The van der Waals surface area contributed by atoms with Crippen LogP contribution >= 0.6 is 11.3 Å². The molecule has 6 nitrogen and oxygen atoms in total. The molecule has 3 aromatic rings. The average Bonchev–Trinajstić information content (AvgIpc) is 3.30. The molecule has 0 saturated carbocycles. The summed E-state index contributed by atoms with van der Waals surface area (Å²) in [7, 11) is 0. The zero-order valence-electron chi connectivity index (χ0n) is 13.0. The van der Waals surface area contributed by atoms with Gasteiger partial charge in [-0.05, 0) is 17.9 Å². The first-order chi connectivity index (χ1) is 11.3. The third kappa shape index (κ3) is 3.07. The van der Waals surface area contributed by atoms with E-state index in [0.717, 1.165) is 48.0 Å². The van der Waals surface area contributed by atoms with Gasteiger partial charge in [-0.25, -0.2) is 14.6 Å². The minimum Gasteiger partial charge on any atom is -0.444 e. The molecule has 0 radical (unpaired) electrons. The number of hydrogen-bond donors (Lipinski definition) is 1. The maximum Gasteiger partial charge on any atom is 0.236 e.